The van der Waals surface area contributed by atoms with Gasteiger partial charge in [0.2, 0.25) is 5.91 Å². The fourth-order valence-electron chi connectivity index (χ4n) is 1.29. The maximum atomic E-state index is 10.9. The molecule has 0 saturated carbocycles. The second kappa shape index (κ2) is 6.40. The van der Waals surface area contributed by atoms with Gasteiger partial charge >= 0.3 is 0 Å². The van der Waals surface area contributed by atoms with Crippen molar-refractivity contribution in [2.75, 3.05) is 11.5 Å². The molecule has 5 heteroatoms. The van der Waals surface area contributed by atoms with E-state index in [1.807, 2.05) is 25.1 Å². The van der Waals surface area contributed by atoms with E-state index in [9.17, 15) is 4.79 Å². The molecule has 0 radical (unpaired) electrons. The van der Waals surface area contributed by atoms with Gasteiger partial charge in [-0.2, -0.15) is 0 Å². The number of thioether (sulfide) groups is 1. The molecule has 0 fully saturated rings. The maximum Gasteiger partial charge on any atom is 0.233 e. The fraction of sp³-hybridized carbons (Fsp3) is 0.364. The number of carbonyl (C=O) groups excluding carboxylic acids is 1. The van der Waals surface area contributed by atoms with Crippen LogP contribution in [0.25, 0.3) is 0 Å². The number of hydrogen-bond acceptors (Lipinski definition) is 4. The van der Waals surface area contributed by atoms with Gasteiger partial charge in [-0.3, -0.25) is 10.2 Å². The first-order valence-corrected chi connectivity index (χ1v) is 6.10. The zero-order valence-electron chi connectivity index (χ0n) is 9.32. The van der Waals surface area contributed by atoms with Crippen molar-refractivity contribution in [1.29, 1.82) is 0 Å². The Hall–Kier alpha value is -1.20. The fourth-order valence-corrected chi connectivity index (χ4v) is 2.18. The van der Waals surface area contributed by atoms with Crippen LogP contribution < -0.4 is 17.0 Å². The van der Waals surface area contributed by atoms with Crippen LogP contribution in [0.5, 0.6) is 0 Å². The zero-order chi connectivity index (χ0) is 12.0. The lowest BCUT2D eigenvalue weighted by Gasteiger charge is -2.05. The van der Waals surface area contributed by atoms with Crippen molar-refractivity contribution in [3.05, 3.63) is 23.8 Å². The third-order valence-corrected chi connectivity index (χ3v) is 3.31. The molecule has 0 aliphatic rings. The minimum Gasteiger partial charge on any atom is -0.398 e. The largest absolute Gasteiger partial charge is 0.398 e. The molecule has 0 heterocycles. The maximum absolute atomic E-state index is 10.9. The topological polar surface area (TPSA) is 81.1 Å². The Morgan fingerprint density at radius 3 is 2.88 bits per heavy atom. The average molecular weight is 239 g/mol. The number of anilines is 1. The highest BCUT2D eigenvalue weighted by Gasteiger charge is 2.02. The SMILES string of the molecule is Cc1ccc(SCCCC(=O)NN)c(N)c1. The summed E-state index contributed by atoms with van der Waals surface area (Å²) in [7, 11) is 0. The van der Waals surface area contributed by atoms with Crippen LogP contribution in [0.2, 0.25) is 0 Å². The van der Waals surface area contributed by atoms with Gasteiger partial charge in [0.05, 0.1) is 0 Å². The number of benzene rings is 1. The molecule has 0 aromatic heterocycles. The average Bonchev–Trinajstić information content (AvgIpc) is 2.26. The van der Waals surface area contributed by atoms with Gasteiger partial charge in [0.25, 0.3) is 0 Å². The van der Waals surface area contributed by atoms with Gasteiger partial charge in [-0.05, 0) is 36.8 Å². The Kier molecular flexibility index (Phi) is 5.14. The first-order chi connectivity index (χ1) is 7.63. The number of hydrazine groups is 1. The Morgan fingerprint density at radius 1 is 1.50 bits per heavy atom. The summed E-state index contributed by atoms with van der Waals surface area (Å²) < 4.78 is 0. The van der Waals surface area contributed by atoms with Crippen molar-refractivity contribution in [3.63, 3.8) is 0 Å². The summed E-state index contributed by atoms with van der Waals surface area (Å²) in [6.45, 7) is 2.01. The van der Waals surface area contributed by atoms with Gasteiger partial charge < -0.3 is 5.73 Å². The third-order valence-electron chi connectivity index (χ3n) is 2.13. The molecule has 1 aromatic carbocycles. The summed E-state index contributed by atoms with van der Waals surface area (Å²) in [6, 6.07) is 6.00. The van der Waals surface area contributed by atoms with Gasteiger partial charge in [0, 0.05) is 17.0 Å². The van der Waals surface area contributed by atoms with Crippen LogP contribution in [-0.2, 0) is 4.79 Å². The molecule has 0 saturated heterocycles. The zero-order valence-corrected chi connectivity index (χ0v) is 10.1. The van der Waals surface area contributed by atoms with Crippen molar-refractivity contribution < 1.29 is 4.79 Å². The Morgan fingerprint density at radius 2 is 2.25 bits per heavy atom. The first kappa shape index (κ1) is 12.9. The van der Waals surface area contributed by atoms with Gasteiger partial charge in [0.15, 0.2) is 0 Å². The minimum atomic E-state index is -0.127. The number of aryl methyl sites for hydroxylation is 1. The predicted octanol–water partition coefficient (Wildman–Crippen LogP) is 1.44. The highest BCUT2D eigenvalue weighted by molar-refractivity contribution is 7.99. The van der Waals surface area contributed by atoms with Crippen LogP contribution in [0.4, 0.5) is 5.69 Å². The second-order valence-corrected chi connectivity index (χ2v) is 4.70. The molecule has 0 spiro atoms. The van der Waals surface area contributed by atoms with E-state index >= 15 is 0 Å². The molecule has 0 bridgehead atoms. The van der Waals surface area contributed by atoms with Crippen LogP contribution in [0, 0.1) is 6.92 Å². The molecule has 5 N–H and O–H groups in total. The molecular weight excluding hydrogens is 222 g/mol. The molecule has 0 atom stereocenters. The molecule has 0 unspecified atom stereocenters. The predicted molar refractivity (Wildman–Crippen MR) is 67.9 cm³/mol. The van der Waals surface area contributed by atoms with Crippen molar-refractivity contribution in [2.24, 2.45) is 5.84 Å². The van der Waals surface area contributed by atoms with Crippen LogP contribution in [0.3, 0.4) is 0 Å². The smallest absolute Gasteiger partial charge is 0.233 e. The number of nitrogens with one attached hydrogen (secondary N) is 1. The Labute approximate surface area is 99.7 Å². The van der Waals surface area contributed by atoms with Crippen molar-refractivity contribution >= 4 is 23.4 Å². The van der Waals surface area contributed by atoms with E-state index in [4.69, 9.17) is 11.6 Å². The second-order valence-electron chi connectivity index (χ2n) is 3.56. The number of hydrogen-bond donors (Lipinski definition) is 3. The standard InChI is InChI=1S/C11H17N3OS/c1-8-4-5-10(9(12)7-8)16-6-2-3-11(15)14-13/h4-5,7H,2-3,6,12-13H2,1H3,(H,14,15). The van der Waals surface area contributed by atoms with Crippen LogP contribution in [-0.4, -0.2) is 11.7 Å². The molecule has 88 valence electrons. The molecule has 1 amide bonds. The van der Waals surface area contributed by atoms with Gasteiger partial charge in [0.1, 0.15) is 0 Å². The Balaban J connectivity index is 2.35. The monoisotopic (exact) mass is 239 g/mol. The third kappa shape index (κ3) is 4.12. The van der Waals surface area contributed by atoms with Gasteiger partial charge in [-0.1, -0.05) is 6.07 Å². The van der Waals surface area contributed by atoms with Crippen LogP contribution >= 0.6 is 11.8 Å². The van der Waals surface area contributed by atoms with E-state index in [1.54, 1.807) is 11.8 Å². The lowest BCUT2D eigenvalue weighted by atomic mass is 10.2. The molecular formula is C11H17N3OS. The van der Waals surface area contributed by atoms with Gasteiger partial charge in [-0.25, -0.2) is 5.84 Å². The number of amides is 1. The molecule has 4 nitrogen and oxygen atoms in total. The highest BCUT2D eigenvalue weighted by Crippen LogP contribution is 2.26. The first-order valence-electron chi connectivity index (χ1n) is 5.12. The number of nitrogen functional groups attached to an aromatic ring is 1. The van der Waals surface area contributed by atoms with E-state index in [1.165, 1.54) is 0 Å². The molecule has 0 aliphatic carbocycles. The lowest BCUT2D eigenvalue weighted by molar-refractivity contribution is -0.121. The van der Waals surface area contributed by atoms with Crippen molar-refractivity contribution in [3.8, 4) is 0 Å². The van der Waals surface area contributed by atoms with E-state index in [-0.39, 0.29) is 5.91 Å². The normalized spacial score (nSPS) is 10.1. The minimum absolute atomic E-state index is 0.127. The summed E-state index contributed by atoms with van der Waals surface area (Å²) in [5, 5.41) is 0. The Bertz CT molecular complexity index is 368. The van der Waals surface area contributed by atoms with E-state index in [0.29, 0.717) is 6.42 Å². The number of rotatable bonds is 5. The summed E-state index contributed by atoms with van der Waals surface area (Å²) in [5.41, 5.74) is 9.94. The van der Waals surface area contributed by atoms with Crippen molar-refractivity contribution in [1.82, 2.24) is 5.43 Å². The lowest BCUT2D eigenvalue weighted by Crippen LogP contribution is -2.29. The van der Waals surface area contributed by atoms with Crippen LogP contribution in [0.15, 0.2) is 23.1 Å². The highest BCUT2D eigenvalue weighted by atomic mass is 32.2. The van der Waals surface area contributed by atoms with Crippen molar-refractivity contribution in [2.45, 2.75) is 24.7 Å². The summed E-state index contributed by atoms with van der Waals surface area (Å²) in [6.07, 6.45) is 1.25. The van der Waals surface area contributed by atoms with E-state index < -0.39 is 0 Å². The quantitative estimate of drug-likeness (QED) is 0.181. The molecule has 1 aromatic rings. The van der Waals surface area contributed by atoms with E-state index in [0.717, 1.165) is 28.3 Å². The summed E-state index contributed by atoms with van der Waals surface area (Å²) in [4.78, 5) is 11.9. The summed E-state index contributed by atoms with van der Waals surface area (Å²) >= 11 is 1.66. The molecule has 1 rings (SSSR count). The molecule has 0 aliphatic heterocycles. The number of nitrogens with two attached hydrogens (primary N) is 2. The van der Waals surface area contributed by atoms with Gasteiger partial charge in [-0.15, -0.1) is 11.8 Å². The molecule has 16 heavy (non-hydrogen) atoms. The van der Waals surface area contributed by atoms with Crippen LogP contribution in [0.1, 0.15) is 18.4 Å². The van der Waals surface area contributed by atoms with E-state index in [2.05, 4.69) is 5.43 Å². The number of carbonyl (C=O) groups is 1. The summed E-state index contributed by atoms with van der Waals surface area (Å²) in [5.74, 6) is 5.71.